The molecule has 4 nitrogen and oxygen atoms in total. The molecule has 1 unspecified atom stereocenters. The molecule has 1 saturated carbocycles. The van der Waals surface area contributed by atoms with E-state index in [0.717, 1.165) is 12.1 Å². The summed E-state index contributed by atoms with van der Waals surface area (Å²) in [7, 11) is 1.83. The number of aromatic nitrogens is 2. The molecule has 0 bridgehead atoms. The van der Waals surface area contributed by atoms with E-state index in [4.69, 9.17) is 5.73 Å². The van der Waals surface area contributed by atoms with Gasteiger partial charge in [-0.15, -0.1) is 0 Å². The van der Waals surface area contributed by atoms with Crippen LogP contribution in [0.3, 0.4) is 0 Å². The van der Waals surface area contributed by atoms with E-state index in [9.17, 15) is 4.79 Å². The van der Waals surface area contributed by atoms with Crippen LogP contribution in [0, 0.1) is 12.8 Å². The van der Waals surface area contributed by atoms with Gasteiger partial charge in [0.25, 0.3) is 0 Å². The number of hydrogen-bond acceptors (Lipinski definition) is 3. The van der Waals surface area contributed by atoms with Crippen molar-refractivity contribution in [2.24, 2.45) is 18.7 Å². The Kier molecular flexibility index (Phi) is 2.61. The Balaban J connectivity index is 2.08. The molecule has 1 atom stereocenters. The van der Waals surface area contributed by atoms with Crippen molar-refractivity contribution in [2.75, 3.05) is 0 Å². The van der Waals surface area contributed by atoms with Crippen LogP contribution in [0.4, 0.5) is 0 Å². The first-order valence-corrected chi connectivity index (χ1v) is 5.38. The molecule has 0 aliphatic heterocycles. The zero-order chi connectivity index (χ0) is 11.0. The molecule has 0 saturated heterocycles. The van der Waals surface area contributed by atoms with E-state index in [1.165, 1.54) is 12.8 Å². The maximum atomic E-state index is 12.0. The van der Waals surface area contributed by atoms with E-state index in [2.05, 4.69) is 5.10 Å². The van der Waals surface area contributed by atoms with Crippen molar-refractivity contribution in [1.29, 1.82) is 0 Å². The first-order chi connectivity index (χ1) is 7.09. The highest BCUT2D eigenvalue weighted by Crippen LogP contribution is 2.33. The molecule has 0 aromatic carbocycles. The summed E-state index contributed by atoms with van der Waals surface area (Å²) in [6.45, 7) is 1.89. The van der Waals surface area contributed by atoms with Crippen molar-refractivity contribution < 1.29 is 4.79 Å². The Hall–Kier alpha value is -1.16. The summed E-state index contributed by atoms with van der Waals surface area (Å²) in [5.74, 6) is 0.716. The number of carbonyl (C=O) groups excluding carboxylic acids is 1. The van der Waals surface area contributed by atoms with Gasteiger partial charge in [0, 0.05) is 12.7 Å². The summed E-state index contributed by atoms with van der Waals surface area (Å²) in [4.78, 5) is 12.0. The van der Waals surface area contributed by atoms with Crippen LogP contribution in [0.25, 0.3) is 0 Å². The van der Waals surface area contributed by atoms with Crippen LogP contribution in [0.5, 0.6) is 0 Å². The standard InChI is InChI=1S/C11H17N3O/c1-7-9(6-13-14(7)2)11(15)10(12)5-8-3-4-8/h6,8,10H,3-5,12H2,1-2H3. The number of ketones is 1. The van der Waals surface area contributed by atoms with E-state index in [1.54, 1.807) is 10.9 Å². The highest BCUT2D eigenvalue weighted by molar-refractivity contribution is 6.00. The van der Waals surface area contributed by atoms with E-state index in [-0.39, 0.29) is 11.8 Å². The SMILES string of the molecule is Cc1c(C(=O)C(N)CC2CC2)cnn1C. The van der Waals surface area contributed by atoms with Crippen LogP contribution in [0.15, 0.2) is 6.20 Å². The van der Waals surface area contributed by atoms with Gasteiger partial charge in [0.15, 0.2) is 5.78 Å². The minimum atomic E-state index is -0.347. The van der Waals surface area contributed by atoms with Gasteiger partial charge in [-0.3, -0.25) is 9.48 Å². The van der Waals surface area contributed by atoms with E-state index in [0.29, 0.717) is 11.5 Å². The predicted octanol–water partition coefficient (Wildman–Crippen LogP) is 1.04. The Bertz CT molecular complexity index is 379. The van der Waals surface area contributed by atoms with Crippen LogP contribution >= 0.6 is 0 Å². The fraction of sp³-hybridized carbons (Fsp3) is 0.636. The van der Waals surface area contributed by atoms with Gasteiger partial charge >= 0.3 is 0 Å². The molecule has 0 spiro atoms. The molecule has 0 amide bonds. The third kappa shape index (κ3) is 2.09. The number of nitrogens with two attached hydrogens (primary N) is 1. The van der Waals surface area contributed by atoms with Gasteiger partial charge in [0.05, 0.1) is 17.8 Å². The van der Waals surface area contributed by atoms with E-state index >= 15 is 0 Å². The van der Waals surface area contributed by atoms with Gasteiger partial charge in [0.1, 0.15) is 0 Å². The lowest BCUT2D eigenvalue weighted by atomic mass is 10.0. The number of hydrogen-bond donors (Lipinski definition) is 1. The van der Waals surface area contributed by atoms with Crippen LogP contribution in [0.2, 0.25) is 0 Å². The highest BCUT2D eigenvalue weighted by atomic mass is 16.1. The largest absolute Gasteiger partial charge is 0.321 e. The molecule has 1 aromatic heterocycles. The lowest BCUT2D eigenvalue weighted by molar-refractivity contribution is 0.0954. The minimum absolute atomic E-state index is 0.0347. The first-order valence-electron chi connectivity index (χ1n) is 5.38. The van der Waals surface area contributed by atoms with Crippen molar-refractivity contribution in [3.05, 3.63) is 17.5 Å². The van der Waals surface area contributed by atoms with Gasteiger partial charge in [-0.25, -0.2) is 0 Å². The third-order valence-electron chi connectivity index (χ3n) is 3.12. The summed E-state index contributed by atoms with van der Waals surface area (Å²) in [5.41, 5.74) is 7.45. The average Bonchev–Trinajstić information content (AvgIpc) is 2.95. The predicted molar refractivity (Wildman–Crippen MR) is 57.6 cm³/mol. The van der Waals surface area contributed by atoms with Crippen molar-refractivity contribution in [1.82, 2.24) is 9.78 Å². The lowest BCUT2D eigenvalue weighted by Crippen LogP contribution is -2.31. The number of nitrogens with zero attached hydrogens (tertiary/aromatic N) is 2. The molecular formula is C11H17N3O. The molecule has 1 aliphatic rings. The topological polar surface area (TPSA) is 60.9 Å². The van der Waals surface area contributed by atoms with Crippen molar-refractivity contribution in [2.45, 2.75) is 32.2 Å². The number of Topliss-reactive ketones (excluding diaryl/α,β-unsaturated/α-hetero) is 1. The van der Waals surface area contributed by atoms with E-state index in [1.807, 2.05) is 14.0 Å². The number of aryl methyl sites for hydroxylation is 1. The summed E-state index contributed by atoms with van der Waals surface area (Å²) >= 11 is 0. The van der Waals surface area contributed by atoms with Gasteiger partial charge in [-0.1, -0.05) is 12.8 Å². The van der Waals surface area contributed by atoms with Gasteiger partial charge < -0.3 is 5.73 Å². The maximum absolute atomic E-state index is 12.0. The van der Waals surface area contributed by atoms with Crippen LogP contribution < -0.4 is 5.73 Å². The number of carbonyl (C=O) groups is 1. The Morgan fingerprint density at radius 1 is 1.73 bits per heavy atom. The molecular weight excluding hydrogens is 190 g/mol. The zero-order valence-corrected chi connectivity index (χ0v) is 9.23. The van der Waals surface area contributed by atoms with Crippen molar-refractivity contribution >= 4 is 5.78 Å². The molecule has 1 aliphatic carbocycles. The Morgan fingerprint density at radius 3 is 2.87 bits per heavy atom. The fourth-order valence-electron chi connectivity index (χ4n) is 1.76. The third-order valence-corrected chi connectivity index (χ3v) is 3.12. The normalized spacial score (nSPS) is 17.8. The lowest BCUT2D eigenvalue weighted by Gasteiger charge is -2.08. The number of rotatable bonds is 4. The quantitative estimate of drug-likeness (QED) is 0.750. The molecule has 1 aromatic rings. The molecule has 2 N–H and O–H groups in total. The minimum Gasteiger partial charge on any atom is -0.321 e. The Morgan fingerprint density at radius 2 is 2.40 bits per heavy atom. The average molecular weight is 207 g/mol. The molecule has 15 heavy (non-hydrogen) atoms. The van der Waals surface area contributed by atoms with Gasteiger partial charge in [-0.2, -0.15) is 5.10 Å². The monoisotopic (exact) mass is 207 g/mol. The molecule has 2 rings (SSSR count). The maximum Gasteiger partial charge on any atom is 0.182 e. The van der Waals surface area contributed by atoms with Crippen LogP contribution in [-0.2, 0) is 7.05 Å². The second-order valence-corrected chi connectivity index (χ2v) is 4.42. The Labute approximate surface area is 89.5 Å². The molecule has 4 heteroatoms. The zero-order valence-electron chi connectivity index (χ0n) is 9.23. The molecule has 1 heterocycles. The van der Waals surface area contributed by atoms with Gasteiger partial charge in [0.2, 0.25) is 0 Å². The molecule has 1 fully saturated rings. The second-order valence-electron chi connectivity index (χ2n) is 4.42. The highest BCUT2D eigenvalue weighted by Gasteiger charge is 2.28. The summed E-state index contributed by atoms with van der Waals surface area (Å²) in [5, 5.41) is 4.05. The van der Waals surface area contributed by atoms with Gasteiger partial charge in [-0.05, 0) is 19.3 Å². The van der Waals surface area contributed by atoms with Crippen molar-refractivity contribution in [3.8, 4) is 0 Å². The fourth-order valence-corrected chi connectivity index (χ4v) is 1.76. The summed E-state index contributed by atoms with van der Waals surface area (Å²) in [6, 6.07) is -0.347. The summed E-state index contributed by atoms with van der Waals surface area (Å²) in [6.07, 6.45) is 4.90. The molecule has 0 radical (unpaired) electrons. The van der Waals surface area contributed by atoms with Crippen LogP contribution in [0.1, 0.15) is 35.3 Å². The van der Waals surface area contributed by atoms with Crippen LogP contribution in [-0.4, -0.2) is 21.6 Å². The first kappa shape index (κ1) is 10.4. The summed E-state index contributed by atoms with van der Waals surface area (Å²) < 4.78 is 1.71. The molecule has 82 valence electrons. The smallest absolute Gasteiger partial charge is 0.182 e. The second kappa shape index (κ2) is 3.77. The van der Waals surface area contributed by atoms with E-state index < -0.39 is 0 Å². The van der Waals surface area contributed by atoms with Crippen molar-refractivity contribution in [3.63, 3.8) is 0 Å².